The van der Waals surface area contributed by atoms with Crippen molar-refractivity contribution in [1.29, 1.82) is 0 Å². The molecule has 4 rings (SSSR count). The molecular weight excluding hydrogens is 399 g/mol. The van der Waals surface area contributed by atoms with Gasteiger partial charge in [-0.25, -0.2) is 0 Å². The molecule has 0 saturated heterocycles. The molecule has 0 fully saturated rings. The quantitative estimate of drug-likeness (QED) is 0.589. The second-order valence-electron chi connectivity index (χ2n) is 6.82. The molecule has 1 aromatic heterocycles. The van der Waals surface area contributed by atoms with Crippen molar-refractivity contribution in [2.75, 3.05) is 6.54 Å². The summed E-state index contributed by atoms with van der Waals surface area (Å²) in [6, 6.07) is 16.3. The summed E-state index contributed by atoms with van der Waals surface area (Å²) in [4.78, 5) is 14.5. The fraction of sp³-hybridized carbons (Fsp3) is 0.227. The van der Waals surface area contributed by atoms with E-state index in [4.69, 9.17) is 9.15 Å². The Balaban J connectivity index is 1.34. The number of hydrogen-bond acceptors (Lipinski definition) is 4. The number of alkyl halides is 3. The highest BCUT2D eigenvalue weighted by atomic mass is 19.4. The summed E-state index contributed by atoms with van der Waals surface area (Å²) in [5.41, 5.74) is 2.38. The van der Waals surface area contributed by atoms with Gasteiger partial charge in [0.25, 0.3) is 5.91 Å². The number of ether oxygens (including phenoxy) is 2. The van der Waals surface area contributed by atoms with Crippen molar-refractivity contribution in [2.24, 2.45) is 0 Å². The Morgan fingerprint density at radius 1 is 0.967 bits per heavy atom. The minimum atomic E-state index is -4.74. The molecule has 0 aliphatic carbocycles. The Labute approximate surface area is 170 Å². The Morgan fingerprint density at radius 3 is 2.40 bits per heavy atom. The van der Waals surface area contributed by atoms with Crippen LogP contribution in [-0.2, 0) is 19.6 Å². The smallest absolute Gasteiger partial charge is 0.486 e. The van der Waals surface area contributed by atoms with E-state index in [0.29, 0.717) is 24.6 Å². The summed E-state index contributed by atoms with van der Waals surface area (Å²) >= 11 is 0. The topological polar surface area (TPSA) is 51.9 Å². The van der Waals surface area contributed by atoms with Crippen LogP contribution in [0.5, 0.6) is 11.5 Å². The number of halogens is 3. The molecule has 0 atom stereocenters. The van der Waals surface area contributed by atoms with Crippen LogP contribution in [0.25, 0.3) is 0 Å². The number of nitrogens with zero attached hydrogens (tertiary/aromatic N) is 1. The van der Waals surface area contributed by atoms with E-state index < -0.39 is 6.36 Å². The highest BCUT2D eigenvalue weighted by Gasteiger charge is 2.31. The molecule has 1 aliphatic rings. The molecule has 0 saturated carbocycles. The minimum absolute atomic E-state index is 0.0373. The van der Waals surface area contributed by atoms with Gasteiger partial charge in [0.2, 0.25) is 0 Å². The number of amides is 1. The Morgan fingerprint density at radius 2 is 1.67 bits per heavy atom. The van der Waals surface area contributed by atoms with E-state index in [1.807, 2.05) is 18.2 Å². The Kier molecular flexibility index (Phi) is 5.39. The number of hydrogen-bond donors (Lipinski definition) is 0. The van der Waals surface area contributed by atoms with Gasteiger partial charge in [-0.1, -0.05) is 24.3 Å². The van der Waals surface area contributed by atoms with Crippen molar-refractivity contribution in [1.82, 2.24) is 4.90 Å². The van der Waals surface area contributed by atoms with Gasteiger partial charge in [-0.15, -0.1) is 13.2 Å². The molecule has 0 spiro atoms. The highest BCUT2D eigenvalue weighted by Crippen LogP contribution is 2.25. The fourth-order valence-corrected chi connectivity index (χ4v) is 3.29. The number of benzene rings is 2. The van der Waals surface area contributed by atoms with Crippen LogP contribution >= 0.6 is 0 Å². The SMILES string of the molecule is O=C(c1ccc(COc2ccc(OC(F)(F)F)cc2)o1)N1CCc2ccccc2C1. The molecular formula is C22H18F3NO4. The summed E-state index contributed by atoms with van der Waals surface area (Å²) < 4.78 is 51.5. The molecule has 1 amide bonds. The van der Waals surface area contributed by atoms with E-state index in [-0.39, 0.29) is 24.0 Å². The molecule has 3 aromatic rings. The van der Waals surface area contributed by atoms with Crippen LogP contribution < -0.4 is 9.47 Å². The molecule has 5 nitrogen and oxygen atoms in total. The largest absolute Gasteiger partial charge is 0.573 e. The first-order valence-electron chi connectivity index (χ1n) is 9.31. The second kappa shape index (κ2) is 8.14. The first kappa shape index (κ1) is 19.9. The van der Waals surface area contributed by atoms with Gasteiger partial charge in [-0.3, -0.25) is 4.79 Å². The van der Waals surface area contributed by atoms with Crippen molar-refractivity contribution >= 4 is 5.91 Å². The predicted octanol–water partition coefficient (Wildman–Crippen LogP) is 4.96. The minimum Gasteiger partial charge on any atom is -0.486 e. The molecule has 0 radical (unpaired) electrons. The maximum Gasteiger partial charge on any atom is 0.573 e. The van der Waals surface area contributed by atoms with Gasteiger partial charge in [-0.05, 0) is 53.9 Å². The zero-order valence-corrected chi connectivity index (χ0v) is 15.8. The van der Waals surface area contributed by atoms with E-state index >= 15 is 0 Å². The van der Waals surface area contributed by atoms with Crippen molar-refractivity contribution in [3.05, 3.63) is 83.3 Å². The third-order valence-corrected chi connectivity index (χ3v) is 4.73. The van der Waals surface area contributed by atoms with E-state index in [1.165, 1.54) is 17.7 Å². The van der Waals surface area contributed by atoms with Gasteiger partial charge in [0, 0.05) is 13.1 Å². The molecule has 0 N–H and O–H groups in total. The summed E-state index contributed by atoms with van der Waals surface area (Å²) in [5.74, 6) is 0.489. The van der Waals surface area contributed by atoms with Crippen LogP contribution in [0.3, 0.4) is 0 Å². The average molecular weight is 417 g/mol. The van der Waals surface area contributed by atoms with Gasteiger partial charge in [0.05, 0.1) is 0 Å². The highest BCUT2D eigenvalue weighted by molar-refractivity contribution is 5.91. The van der Waals surface area contributed by atoms with Crippen LogP contribution in [0.15, 0.2) is 65.1 Å². The summed E-state index contributed by atoms with van der Waals surface area (Å²) in [7, 11) is 0. The van der Waals surface area contributed by atoms with Gasteiger partial charge in [-0.2, -0.15) is 0 Å². The summed E-state index contributed by atoms with van der Waals surface area (Å²) in [6.07, 6.45) is -3.94. The second-order valence-corrected chi connectivity index (χ2v) is 6.82. The summed E-state index contributed by atoms with van der Waals surface area (Å²) in [6.45, 7) is 1.19. The van der Waals surface area contributed by atoms with Crippen LogP contribution in [0.4, 0.5) is 13.2 Å². The lowest BCUT2D eigenvalue weighted by atomic mass is 10.00. The third kappa shape index (κ3) is 4.76. The molecule has 1 aliphatic heterocycles. The lowest BCUT2D eigenvalue weighted by molar-refractivity contribution is -0.274. The van der Waals surface area contributed by atoms with Gasteiger partial charge < -0.3 is 18.8 Å². The molecule has 30 heavy (non-hydrogen) atoms. The van der Waals surface area contributed by atoms with Crippen LogP contribution in [-0.4, -0.2) is 23.7 Å². The van der Waals surface area contributed by atoms with Crippen LogP contribution in [0, 0.1) is 0 Å². The Hall–Kier alpha value is -3.42. The first-order chi connectivity index (χ1) is 14.4. The normalized spacial score (nSPS) is 13.6. The number of rotatable bonds is 5. The fourth-order valence-electron chi connectivity index (χ4n) is 3.29. The predicted molar refractivity (Wildman–Crippen MR) is 101 cm³/mol. The average Bonchev–Trinajstić information content (AvgIpc) is 3.20. The monoisotopic (exact) mass is 417 g/mol. The zero-order chi connectivity index (χ0) is 21.1. The van der Waals surface area contributed by atoms with Gasteiger partial charge in [0.15, 0.2) is 5.76 Å². The van der Waals surface area contributed by atoms with E-state index in [9.17, 15) is 18.0 Å². The number of carbonyl (C=O) groups is 1. The molecule has 0 unspecified atom stereocenters. The molecule has 2 aromatic carbocycles. The number of carbonyl (C=O) groups excluding carboxylic acids is 1. The van der Waals surface area contributed by atoms with Crippen molar-refractivity contribution in [3.63, 3.8) is 0 Å². The molecule has 2 heterocycles. The first-order valence-corrected chi connectivity index (χ1v) is 9.31. The third-order valence-electron chi connectivity index (χ3n) is 4.73. The maximum absolute atomic E-state index is 12.7. The zero-order valence-electron chi connectivity index (χ0n) is 15.8. The van der Waals surface area contributed by atoms with Crippen LogP contribution in [0.1, 0.15) is 27.4 Å². The molecule has 156 valence electrons. The van der Waals surface area contributed by atoms with Gasteiger partial charge in [0.1, 0.15) is 23.9 Å². The molecule has 0 bridgehead atoms. The lowest BCUT2D eigenvalue weighted by Crippen LogP contribution is -2.35. The van der Waals surface area contributed by atoms with Gasteiger partial charge >= 0.3 is 6.36 Å². The van der Waals surface area contributed by atoms with E-state index in [2.05, 4.69) is 10.8 Å². The van der Waals surface area contributed by atoms with Crippen molar-refractivity contribution < 1.29 is 31.9 Å². The standard InChI is InChI=1S/C22H18F3NO4/c23-22(24,25)30-18-7-5-17(6-8-18)28-14-19-9-10-20(29-19)21(27)26-12-11-15-3-1-2-4-16(15)13-26/h1-10H,11-14H2. The van der Waals surface area contributed by atoms with Crippen LogP contribution in [0.2, 0.25) is 0 Å². The Bertz CT molecular complexity index is 1030. The van der Waals surface area contributed by atoms with E-state index in [1.54, 1.807) is 17.0 Å². The maximum atomic E-state index is 12.7. The van der Waals surface area contributed by atoms with Crippen molar-refractivity contribution in [3.8, 4) is 11.5 Å². The van der Waals surface area contributed by atoms with Crippen molar-refractivity contribution in [2.45, 2.75) is 25.9 Å². The number of fused-ring (bicyclic) bond motifs is 1. The molecule has 8 heteroatoms. The number of furan rings is 1. The lowest BCUT2D eigenvalue weighted by Gasteiger charge is -2.28. The summed E-state index contributed by atoms with van der Waals surface area (Å²) in [5, 5.41) is 0. The van der Waals surface area contributed by atoms with E-state index in [0.717, 1.165) is 24.1 Å².